The maximum Gasteiger partial charge on any atom is 0.191 e. The highest BCUT2D eigenvalue weighted by Gasteiger charge is 2.12. The third-order valence-electron chi connectivity index (χ3n) is 4.91. The summed E-state index contributed by atoms with van der Waals surface area (Å²) >= 11 is 0. The molecule has 1 fully saturated rings. The summed E-state index contributed by atoms with van der Waals surface area (Å²) in [7, 11) is 0. The number of rotatable bonds is 7. The van der Waals surface area contributed by atoms with Crippen LogP contribution in [0.1, 0.15) is 57.7 Å². The van der Waals surface area contributed by atoms with Crippen LogP contribution in [-0.4, -0.2) is 33.6 Å². The number of fused-ring (bicyclic) bond motifs is 1. The number of aromatic nitrogens is 3. The molecule has 0 aliphatic heterocycles. The highest BCUT2D eigenvalue weighted by molar-refractivity contribution is 14.0. The van der Waals surface area contributed by atoms with Crippen LogP contribution >= 0.6 is 24.0 Å². The Balaban J connectivity index is 0.00000243. The average Bonchev–Trinajstić information content (AvgIpc) is 3.07. The Morgan fingerprint density at radius 2 is 2.04 bits per heavy atom. The molecule has 0 amide bonds. The van der Waals surface area contributed by atoms with E-state index in [4.69, 9.17) is 0 Å². The molecule has 2 heterocycles. The van der Waals surface area contributed by atoms with Crippen LogP contribution < -0.4 is 10.6 Å². The molecule has 1 aliphatic carbocycles. The van der Waals surface area contributed by atoms with E-state index in [0.29, 0.717) is 6.54 Å². The summed E-state index contributed by atoms with van der Waals surface area (Å²) in [6.07, 6.45) is 11.7. The number of hydrogen-bond donors (Lipinski definition) is 2. The zero-order valence-corrected chi connectivity index (χ0v) is 18.0. The number of nitrogens with zero attached hydrogens (tertiary/aromatic N) is 4. The maximum atomic E-state index is 4.66. The second-order valence-corrected chi connectivity index (χ2v) is 6.81. The fourth-order valence-electron chi connectivity index (χ4n) is 3.56. The van der Waals surface area contributed by atoms with E-state index in [2.05, 4.69) is 32.7 Å². The third-order valence-corrected chi connectivity index (χ3v) is 4.91. The van der Waals surface area contributed by atoms with Crippen molar-refractivity contribution < 1.29 is 0 Å². The zero-order valence-electron chi connectivity index (χ0n) is 15.7. The molecule has 26 heavy (non-hydrogen) atoms. The Morgan fingerprint density at radius 3 is 2.85 bits per heavy atom. The standard InChI is InChI=1S/C19H30N6.HI/c1-2-20-19(21-13-8-11-16-9-4-3-5-10-16)22-15-18-24-23-17-12-6-7-14-25(17)18;/h6-7,12,14,16H,2-5,8-11,13,15H2,1H3,(H2,20,21,22);1H. The van der Waals surface area contributed by atoms with Crippen molar-refractivity contribution in [2.45, 2.75) is 58.4 Å². The van der Waals surface area contributed by atoms with Gasteiger partial charge in [0.2, 0.25) is 0 Å². The first-order valence-corrected chi connectivity index (χ1v) is 9.67. The van der Waals surface area contributed by atoms with Crippen LogP contribution in [0.15, 0.2) is 29.4 Å². The Labute approximate surface area is 173 Å². The summed E-state index contributed by atoms with van der Waals surface area (Å²) in [4.78, 5) is 4.66. The maximum absolute atomic E-state index is 4.66. The van der Waals surface area contributed by atoms with Gasteiger partial charge in [-0.25, -0.2) is 4.99 Å². The molecule has 6 nitrogen and oxygen atoms in total. The summed E-state index contributed by atoms with van der Waals surface area (Å²) in [6.45, 7) is 4.44. The summed E-state index contributed by atoms with van der Waals surface area (Å²) in [5.41, 5.74) is 0.859. The number of halogens is 1. The predicted octanol–water partition coefficient (Wildman–Crippen LogP) is 3.76. The van der Waals surface area contributed by atoms with Crippen molar-refractivity contribution in [2.24, 2.45) is 10.9 Å². The molecule has 0 spiro atoms. The summed E-state index contributed by atoms with van der Waals surface area (Å²) in [5.74, 6) is 2.66. The lowest BCUT2D eigenvalue weighted by Gasteiger charge is -2.21. The molecule has 2 aromatic rings. The van der Waals surface area contributed by atoms with Crippen molar-refractivity contribution in [3.8, 4) is 0 Å². The van der Waals surface area contributed by atoms with E-state index in [1.165, 1.54) is 44.9 Å². The molecular weight excluding hydrogens is 439 g/mol. The van der Waals surface area contributed by atoms with Gasteiger partial charge in [0, 0.05) is 19.3 Å². The molecule has 2 N–H and O–H groups in total. The Morgan fingerprint density at radius 1 is 1.19 bits per heavy atom. The zero-order chi connectivity index (χ0) is 17.3. The van der Waals surface area contributed by atoms with Gasteiger partial charge in [-0.05, 0) is 37.8 Å². The molecule has 3 rings (SSSR count). The quantitative estimate of drug-likeness (QED) is 0.280. The van der Waals surface area contributed by atoms with Crippen molar-refractivity contribution in [3.05, 3.63) is 30.2 Å². The lowest BCUT2D eigenvalue weighted by Crippen LogP contribution is -2.37. The number of pyridine rings is 1. The minimum absolute atomic E-state index is 0. The largest absolute Gasteiger partial charge is 0.357 e. The van der Waals surface area contributed by atoms with Gasteiger partial charge in [0.05, 0.1) is 0 Å². The van der Waals surface area contributed by atoms with Crippen LogP contribution in [0.3, 0.4) is 0 Å². The fourth-order valence-corrected chi connectivity index (χ4v) is 3.56. The first kappa shape index (κ1) is 20.9. The van der Waals surface area contributed by atoms with E-state index < -0.39 is 0 Å². The second-order valence-electron chi connectivity index (χ2n) is 6.81. The van der Waals surface area contributed by atoms with Crippen molar-refractivity contribution in [2.75, 3.05) is 13.1 Å². The van der Waals surface area contributed by atoms with Gasteiger partial charge in [-0.2, -0.15) is 0 Å². The van der Waals surface area contributed by atoms with Crippen LogP contribution in [0.5, 0.6) is 0 Å². The predicted molar refractivity (Wildman–Crippen MR) is 117 cm³/mol. The van der Waals surface area contributed by atoms with Gasteiger partial charge in [0.1, 0.15) is 6.54 Å². The lowest BCUT2D eigenvalue weighted by atomic mass is 9.86. The normalized spacial score (nSPS) is 15.7. The Bertz CT molecular complexity index is 677. The van der Waals surface area contributed by atoms with Gasteiger partial charge in [-0.3, -0.25) is 4.40 Å². The van der Waals surface area contributed by atoms with Crippen molar-refractivity contribution in [1.29, 1.82) is 0 Å². The molecule has 0 aromatic carbocycles. The minimum Gasteiger partial charge on any atom is -0.357 e. The van der Waals surface area contributed by atoms with Gasteiger partial charge in [-0.1, -0.05) is 38.2 Å². The van der Waals surface area contributed by atoms with Gasteiger partial charge in [-0.15, -0.1) is 34.2 Å². The highest BCUT2D eigenvalue weighted by atomic mass is 127. The van der Waals surface area contributed by atoms with E-state index in [0.717, 1.165) is 36.4 Å². The van der Waals surface area contributed by atoms with Crippen molar-refractivity contribution >= 4 is 35.6 Å². The lowest BCUT2D eigenvalue weighted by molar-refractivity contribution is 0.332. The molecule has 2 aromatic heterocycles. The van der Waals surface area contributed by atoms with Gasteiger partial charge in [0.15, 0.2) is 17.4 Å². The van der Waals surface area contributed by atoms with Gasteiger partial charge >= 0.3 is 0 Å². The topological polar surface area (TPSA) is 66.6 Å². The summed E-state index contributed by atoms with van der Waals surface area (Å²) < 4.78 is 1.98. The van der Waals surface area contributed by atoms with Crippen molar-refractivity contribution in [1.82, 2.24) is 25.2 Å². The number of guanidine groups is 1. The first-order valence-electron chi connectivity index (χ1n) is 9.67. The summed E-state index contributed by atoms with van der Waals surface area (Å²) in [5, 5.41) is 15.2. The van der Waals surface area contributed by atoms with E-state index in [1.54, 1.807) is 0 Å². The Kier molecular flexibility index (Phi) is 9.14. The molecule has 0 atom stereocenters. The molecule has 0 bridgehead atoms. The highest BCUT2D eigenvalue weighted by Crippen LogP contribution is 2.26. The summed E-state index contributed by atoms with van der Waals surface area (Å²) in [6, 6.07) is 5.90. The molecule has 1 aliphatic rings. The van der Waals surface area contributed by atoms with Crippen LogP contribution in [0, 0.1) is 5.92 Å². The minimum atomic E-state index is 0. The number of aliphatic imine (C=N–C) groups is 1. The molecular formula is C19H31IN6. The molecule has 0 unspecified atom stereocenters. The van der Waals surface area contributed by atoms with E-state index >= 15 is 0 Å². The van der Waals surface area contributed by atoms with Crippen LogP contribution in [0.2, 0.25) is 0 Å². The molecule has 0 radical (unpaired) electrons. The fraction of sp³-hybridized carbons (Fsp3) is 0.632. The second kappa shape index (κ2) is 11.4. The van der Waals surface area contributed by atoms with Crippen molar-refractivity contribution in [3.63, 3.8) is 0 Å². The molecule has 144 valence electrons. The van der Waals surface area contributed by atoms with Gasteiger partial charge < -0.3 is 10.6 Å². The molecule has 1 saturated carbocycles. The Hall–Kier alpha value is -1.38. The van der Waals surface area contributed by atoms with E-state index in [9.17, 15) is 0 Å². The smallest absolute Gasteiger partial charge is 0.191 e. The van der Waals surface area contributed by atoms with E-state index in [-0.39, 0.29) is 24.0 Å². The molecule has 7 heteroatoms. The van der Waals surface area contributed by atoms with Crippen LogP contribution in [-0.2, 0) is 6.54 Å². The van der Waals surface area contributed by atoms with E-state index in [1.807, 2.05) is 28.8 Å². The van der Waals surface area contributed by atoms with Crippen LogP contribution in [0.4, 0.5) is 0 Å². The average molecular weight is 470 g/mol. The monoisotopic (exact) mass is 470 g/mol. The van der Waals surface area contributed by atoms with Gasteiger partial charge in [0.25, 0.3) is 0 Å². The SMILES string of the molecule is CCNC(=NCc1nnc2ccccn12)NCCCC1CCCCC1.I. The number of nitrogens with one attached hydrogen (secondary N) is 2. The first-order chi connectivity index (χ1) is 12.4. The molecule has 0 saturated heterocycles. The number of hydrogen-bond acceptors (Lipinski definition) is 3. The third kappa shape index (κ3) is 6.10. The van der Waals surface area contributed by atoms with Crippen LogP contribution in [0.25, 0.3) is 5.65 Å².